The molecule has 0 fully saturated rings. The van der Waals surface area contributed by atoms with Crippen LogP contribution >= 0.6 is 0 Å². The number of nitrogens with zero attached hydrogens (tertiary/aromatic N) is 4. The smallest absolute Gasteiger partial charge is 0.0746 e. The molecule has 0 aliphatic rings. The summed E-state index contributed by atoms with van der Waals surface area (Å²) in [6, 6.07) is 13.6. The van der Waals surface area contributed by atoms with E-state index in [1.807, 2.05) is 61.0 Å². The fourth-order valence-electron chi connectivity index (χ4n) is 2.38. The van der Waals surface area contributed by atoms with E-state index in [-0.39, 0.29) is 6.04 Å². The van der Waals surface area contributed by atoms with Crippen molar-refractivity contribution < 1.29 is 0 Å². The Labute approximate surface area is 123 Å². The van der Waals surface area contributed by atoms with E-state index >= 15 is 0 Å². The average molecular weight is 279 g/mol. The molecule has 3 rings (SSSR count). The van der Waals surface area contributed by atoms with Crippen molar-refractivity contribution in [3.63, 3.8) is 0 Å². The molecular formula is C16H17N5. The number of rotatable bonds is 3. The van der Waals surface area contributed by atoms with Crippen molar-refractivity contribution in [2.24, 2.45) is 5.73 Å². The van der Waals surface area contributed by atoms with Crippen LogP contribution in [0.25, 0.3) is 5.69 Å². The molecule has 3 aromatic rings. The van der Waals surface area contributed by atoms with Gasteiger partial charge in [-0.1, -0.05) is 18.2 Å². The van der Waals surface area contributed by atoms with E-state index in [0.717, 1.165) is 28.3 Å². The zero-order valence-electron chi connectivity index (χ0n) is 12.1. The summed E-state index contributed by atoms with van der Waals surface area (Å²) < 4.78 is 1.86. The number of para-hydroxylation sites is 1. The molecule has 0 spiro atoms. The highest BCUT2D eigenvalue weighted by Crippen LogP contribution is 2.23. The highest BCUT2D eigenvalue weighted by Gasteiger charge is 2.18. The van der Waals surface area contributed by atoms with Crippen LogP contribution in [-0.4, -0.2) is 20.0 Å². The molecule has 0 bridgehead atoms. The predicted octanol–water partition coefficient (Wildman–Crippen LogP) is 2.33. The first-order valence-corrected chi connectivity index (χ1v) is 6.82. The largest absolute Gasteiger partial charge is 0.319 e. The van der Waals surface area contributed by atoms with Crippen LogP contribution in [0.2, 0.25) is 0 Å². The van der Waals surface area contributed by atoms with E-state index in [1.54, 1.807) is 6.20 Å². The minimum atomic E-state index is -0.290. The van der Waals surface area contributed by atoms with Gasteiger partial charge in [0.25, 0.3) is 0 Å². The van der Waals surface area contributed by atoms with Crippen LogP contribution in [0.15, 0.2) is 48.7 Å². The minimum absolute atomic E-state index is 0.290. The lowest BCUT2D eigenvalue weighted by Gasteiger charge is -2.16. The van der Waals surface area contributed by atoms with Crippen LogP contribution in [0.3, 0.4) is 0 Å². The Morgan fingerprint density at radius 2 is 1.81 bits per heavy atom. The van der Waals surface area contributed by atoms with Gasteiger partial charge < -0.3 is 5.73 Å². The highest BCUT2D eigenvalue weighted by atomic mass is 15.3. The van der Waals surface area contributed by atoms with Crippen LogP contribution < -0.4 is 5.73 Å². The molecular weight excluding hydrogens is 262 g/mol. The van der Waals surface area contributed by atoms with Crippen molar-refractivity contribution in [2.45, 2.75) is 19.9 Å². The maximum absolute atomic E-state index is 6.44. The Morgan fingerprint density at radius 3 is 2.57 bits per heavy atom. The Morgan fingerprint density at radius 1 is 1.05 bits per heavy atom. The zero-order chi connectivity index (χ0) is 14.8. The average Bonchev–Trinajstić information content (AvgIpc) is 2.99. The third-order valence-electron chi connectivity index (χ3n) is 3.47. The fraction of sp³-hybridized carbons (Fsp3) is 0.188. The Bertz CT molecular complexity index is 748. The SMILES string of the molecule is Cc1cc(C(N)c2ccnn2-c2ccccc2)c(C)nn1. The minimum Gasteiger partial charge on any atom is -0.319 e. The highest BCUT2D eigenvalue weighted by molar-refractivity contribution is 5.37. The van der Waals surface area contributed by atoms with Gasteiger partial charge in [0, 0.05) is 6.20 Å². The van der Waals surface area contributed by atoms with Gasteiger partial charge in [0.2, 0.25) is 0 Å². The van der Waals surface area contributed by atoms with Gasteiger partial charge in [-0.15, -0.1) is 0 Å². The van der Waals surface area contributed by atoms with Gasteiger partial charge in [-0.05, 0) is 43.7 Å². The van der Waals surface area contributed by atoms with E-state index < -0.39 is 0 Å². The molecule has 0 saturated carbocycles. The first-order valence-electron chi connectivity index (χ1n) is 6.82. The van der Waals surface area contributed by atoms with E-state index in [9.17, 15) is 0 Å². The van der Waals surface area contributed by atoms with Crippen molar-refractivity contribution in [2.75, 3.05) is 0 Å². The molecule has 1 atom stereocenters. The second-order valence-electron chi connectivity index (χ2n) is 5.01. The van der Waals surface area contributed by atoms with Gasteiger partial charge in [0.1, 0.15) is 0 Å². The predicted molar refractivity (Wildman–Crippen MR) is 81.1 cm³/mol. The summed E-state index contributed by atoms with van der Waals surface area (Å²) in [5.74, 6) is 0. The molecule has 2 heterocycles. The molecule has 2 aromatic heterocycles. The Balaban J connectivity index is 2.06. The van der Waals surface area contributed by atoms with Gasteiger partial charge in [-0.2, -0.15) is 15.3 Å². The summed E-state index contributed by atoms with van der Waals surface area (Å²) in [7, 11) is 0. The van der Waals surface area contributed by atoms with Crippen LogP contribution in [0.1, 0.15) is 28.7 Å². The molecule has 0 aliphatic carbocycles. The van der Waals surface area contributed by atoms with Crippen LogP contribution in [0.4, 0.5) is 0 Å². The lowest BCUT2D eigenvalue weighted by atomic mass is 10.0. The molecule has 5 heteroatoms. The third kappa shape index (κ3) is 2.55. The molecule has 0 aliphatic heterocycles. The summed E-state index contributed by atoms with van der Waals surface area (Å²) in [5.41, 5.74) is 11.0. The van der Waals surface area contributed by atoms with Crippen molar-refractivity contribution in [1.29, 1.82) is 0 Å². The van der Waals surface area contributed by atoms with E-state index in [1.165, 1.54) is 0 Å². The summed E-state index contributed by atoms with van der Waals surface area (Å²) >= 11 is 0. The number of nitrogens with two attached hydrogens (primary N) is 1. The van der Waals surface area contributed by atoms with E-state index in [2.05, 4.69) is 15.3 Å². The molecule has 0 saturated heterocycles. The summed E-state index contributed by atoms with van der Waals surface area (Å²) in [6.07, 6.45) is 1.76. The topological polar surface area (TPSA) is 69.6 Å². The van der Waals surface area contributed by atoms with Gasteiger partial charge in [0.05, 0.1) is 28.8 Å². The standard InChI is InChI=1S/C16H17N5/c1-11-10-14(12(2)20-19-11)16(17)15-8-9-18-21(15)13-6-4-3-5-7-13/h3-10,16H,17H2,1-2H3. The lowest BCUT2D eigenvalue weighted by Crippen LogP contribution is -2.18. The van der Waals surface area contributed by atoms with Gasteiger partial charge in [-0.25, -0.2) is 4.68 Å². The Kier molecular flexibility index (Phi) is 3.50. The maximum atomic E-state index is 6.44. The fourth-order valence-corrected chi connectivity index (χ4v) is 2.38. The second-order valence-corrected chi connectivity index (χ2v) is 5.01. The number of benzene rings is 1. The zero-order valence-corrected chi connectivity index (χ0v) is 12.1. The Hall–Kier alpha value is -2.53. The summed E-state index contributed by atoms with van der Waals surface area (Å²) in [5, 5.41) is 12.6. The number of aromatic nitrogens is 4. The second kappa shape index (κ2) is 5.46. The first-order chi connectivity index (χ1) is 10.2. The van der Waals surface area contributed by atoms with Crippen LogP contribution in [0, 0.1) is 13.8 Å². The molecule has 0 radical (unpaired) electrons. The molecule has 21 heavy (non-hydrogen) atoms. The molecule has 1 unspecified atom stereocenters. The summed E-state index contributed by atoms with van der Waals surface area (Å²) in [4.78, 5) is 0. The van der Waals surface area contributed by atoms with Crippen LogP contribution in [-0.2, 0) is 0 Å². The van der Waals surface area contributed by atoms with Crippen molar-refractivity contribution in [3.05, 3.63) is 71.3 Å². The van der Waals surface area contributed by atoms with Gasteiger partial charge in [-0.3, -0.25) is 0 Å². The molecule has 1 aromatic carbocycles. The molecule has 5 nitrogen and oxygen atoms in total. The number of hydrogen-bond donors (Lipinski definition) is 1. The third-order valence-corrected chi connectivity index (χ3v) is 3.47. The van der Waals surface area contributed by atoms with E-state index in [0.29, 0.717) is 0 Å². The lowest BCUT2D eigenvalue weighted by molar-refractivity contribution is 0.724. The number of aryl methyl sites for hydroxylation is 2. The molecule has 0 amide bonds. The maximum Gasteiger partial charge on any atom is 0.0746 e. The van der Waals surface area contributed by atoms with Gasteiger partial charge in [0.15, 0.2) is 0 Å². The first kappa shape index (κ1) is 13.5. The summed E-state index contributed by atoms with van der Waals surface area (Å²) in [6.45, 7) is 3.84. The van der Waals surface area contributed by atoms with Crippen molar-refractivity contribution in [1.82, 2.24) is 20.0 Å². The van der Waals surface area contributed by atoms with Crippen molar-refractivity contribution >= 4 is 0 Å². The monoisotopic (exact) mass is 279 g/mol. The van der Waals surface area contributed by atoms with E-state index in [4.69, 9.17) is 5.73 Å². The van der Waals surface area contributed by atoms with Gasteiger partial charge >= 0.3 is 0 Å². The van der Waals surface area contributed by atoms with Crippen LogP contribution in [0.5, 0.6) is 0 Å². The molecule has 2 N–H and O–H groups in total. The van der Waals surface area contributed by atoms with Crippen molar-refractivity contribution in [3.8, 4) is 5.69 Å². The molecule has 106 valence electrons. The quantitative estimate of drug-likeness (QED) is 0.799. The number of hydrogen-bond acceptors (Lipinski definition) is 4. The normalized spacial score (nSPS) is 12.3.